The van der Waals surface area contributed by atoms with E-state index in [9.17, 15) is 0 Å². The van der Waals surface area contributed by atoms with Crippen LogP contribution in [0.15, 0.2) is 0 Å². The highest BCUT2D eigenvalue weighted by atomic mass is 28.4. The smallest absolute Gasteiger partial charge is 0.173 e. The first-order chi connectivity index (χ1) is 14.9. The second kappa shape index (κ2) is 14.6. The maximum absolute atomic E-state index is 6.40. The molecule has 6 atom stereocenters. The molecule has 32 heavy (non-hydrogen) atoms. The van der Waals surface area contributed by atoms with E-state index in [1.165, 1.54) is 57.0 Å². The van der Waals surface area contributed by atoms with Gasteiger partial charge in [0.1, 0.15) is 0 Å². The van der Waals surface area contributed by atoms with E-state index in [0.29, 0.717) is 6.04 Å². The second-order valence-electron chi connectivity index (χ2n) is 12.6. The predicted molar refractivity (Wildman–Crippen MR) is 148 cm³/mol. The van der Waals surface area contributed by atoms with Gasteiger partial charge in [0.25, 0.3) is 0 Å². The van der Waals surface area contributed by atoms with Crippen molar-refractivity contribution < 1.29 is 4.12 Å². The van der Waals surface area contributed by atoms with E-state index in [1.807, 2.05) is 0 Å². The first-order valence-corrected chi connectivity index (χ1v) is 20.0. The summed E-state index contributed by atoms with van der Waals surface area (Å²) in [5.41, 5.74) is 17.2. The number of rotatable bonds is 10. The molecule has 192 valence electrons. The molecule has 6 unspecified atom stereocenters. The normalized spacial score (nSPS) is 31.7. The van der Waals surface area contributed by atoms with Crippen molar-refractivity contribution in [3.8, 4) is 0 Å². The third kappa shape index (κ3) is 12.1. The third-order valence-electron chi connectivity index (χ3n) is 8.24. The minimum atomic E-state index is -1.47. The van der Waals surface area contributed by atoms with Gasteiger partial charge in [0.2, 0.25) is 0 Å². The Labute approximate surface area is 203 Å². The van der Waals surface area contributed by atoms with Crippen molar-refractivity contribution in [2.75, 3.05) is 13.1 Å². The van der Waals surface area contributed by atoms with Crippen LogP contribution in [0.25, 0.3) is 0 Å². The minimum absolute atomic E-state index is 0.483. The predicted octanol–water partition coefficient (Wildman–Crippen LogP) is 6.32. The Morgan fingerprint density at radius 2 is 1.16 bits per heavy atom. The summed E-state index contributed by atoms with van der Waals surface area (Å²) >= 11 is 0. The molecule has 0 amide bonds. The Balaban J connectivity index is 0.000000324. The fraction of sp³-hybridized carbons (Fsp3) is 1.00. The van der Waals surface area contributed by atoms with Gasteiger partial charge < -0.3 is 21.3 Å². The van der Waals surface area contributed by atoms with Crippen LogP contribution in [0.2, 0.25) is 38.3 Å². The van der Waals surface area contributed by atoms with Crippen molar-refractivity contribution in [2.45, 2.75) is 123 Å². The fourth-order valence-electron chi connectivity index (χ4n) is 6.00. The van der Waals surface area contributed by atoms with Gasteiger partial charge in [-0.3, -0.25) is 0 Å². The van der Waals surface area contributed by atoms with Gasteiger partial charge in [-0.1, -0.05) is 33.6 Å². The summed E-state index contributed by atoms with van der Waals surface area (Å²) in [7, 11) is -2.94. The van der Waals surface area contributed by atoms with Crippen molar-refractivity contribution in [3.05, 3.63) is 0 Å². The molecule has 2 fully saturated rings. The summed E-state index contributed by atoms with van der Waals surface area (Å²) in [6.07, 6.45) is 12.2. The summed E-state index contributed by atoms with van der Waals surface area (Å²) in [4.78, 5) is 0. The lowest BCUT2D eigenvalue weighted by atomic mass is 9.69. The van der Waals surface area contributed by atoms with Gasteiger partial charge in [0.15, 0.2) is 16.6 Å². The molecule has 0 saturated heterocycles. The van der Waals surface area contributed by atoms with Crippen molar-refractivity contribution in [2.24, 2.45) is 46.8 Å². The molecule has 0 radical (unpaired) electrons. The fourth-order valence-corrected chi connectivity index (χ4v) is 14.9. The second-order valence-corrected chi connectivity index (χ2v) is 21.5. The molecule has 6 N–H and O–H groups in total. The highest BCUT2D eigenvalue weighted by molar-refractivity contribution is 6.84. The summed E-state index contributed by atoms with van der Waals surface area (Å²) in [6.45, 7) is 18.0. The first kappa shape index (κ1) is 30.3. The van der Waals surface area contributed by atoms with Crippen LogP contribution in [0.1, 0.15) is 78.6 Å². The molecule has 0 spiro atoms. The van der Waals surface area contributed by atoms with E-state index in [4.69, 9.17) is 21.3 Å². The summed E-state index contributed by atoms with van der Waals surface area (Å²) < 4.78 is 6.40. The zero-order valence-corrected chi connectivity index (χ0v) is 24.8. The molecule has 0 aromatic heterocycles. The first-order valence-electron chi connectivity index (χ1n) is 13.7. The summed E-state index contributed by atoms with van der Waals surface area (Å²) in [5, 5.41) is 0. The average molecular weight is 486 g/mol. The van der Waals surface area contributed by atoms with E-state index >= 15 is 0 Å². The Morgan fingerprint density at radius 1 is 0.688 bits per heavy atom. The standard InChI is InChI=1S/C16H31N.C10H28N2OSi2/c1-11-4-5-14(8-12(11)2)10-15-6-7-16(17)13(3)9-15;1-14(2,9-5-7-11)13-15(3,4)10-6-8-12/h11-16H,4-10,17H2,1-3H3;5-12H2,1-4H3. The molecule has 0 aromatic rings. The molecule has 6 heteroatoms. The zero-order chi connectivity index (χ0) is 24.4. The van der Waals surface area contributed by atoms with Crippen LogP contribution in [0.5, 0.6) is 0 Å². The molecule has 0 aromatic carbocycles. The van der Waals surface area contributed by atoms with Crippen LogP contribution in [0.3, 0.4) is 0 Å². The number of hydrogen-bond donors (Lipinski definition) is 3. The molecule has 0 heterocycles. The molecule has 4 nitrogen and oxygen atoms in total. The lowest BCUT2D eigenvalue weighted by Gasteiger charge is -2.37. The van der Waals surface area contributed by atoms with Crippen molar-refractivity contribution >= 4 is 16.6 Å². The molecule has 0 bridgehead atoms. The van der Waals surface area contributed by atoms with Crippen LogP contribution < -0.4 is 17.2 Å². The minimum Gasteiger partial charge on any atom is -0.455 e. The Kier molecular flexibility index (Phi) is 13.8. The van der Waals surface area contributed by atoms with Crippen molar-refractivity contribution in [3.63, 3.8) is 0 Å². The topological polar surface area (TPSA) is 87.3 Å². The quantitative estimate of drug-likeness (QED) is 0.316. The molecule has 2 saturated carbocycles. The maximum Gasteiger partial charge on any atom is 0.173 e. The Morgan fingerprint density at radius 3 is 1.59 bits per heavy atom. The van der Waals surface area contributed by atoms with Gasteiger partial charge >= 0.3 is 0 Å². The van der Waals surface area contributed by atoms with Crippen LogP contribution in [0, 0.1) is 29.6 Å². The highest BCUT2D eigenvalue weighted by Gasteiger charge is 2.32. The number of nitrogens with two attached hydrogens (primary N) is 3. The lowest BCUT2D eigenvalue weighted by molar-refractivity contribution is 0.152. The van der Waals surface area contributed by atoms with Gasteiger partial charge in [0, 0.05) is 6.04 Å². The maximum atomic E-state index is 6.40. The van der Waals surface area contributed by atoms with E-state index in [2.05, 4.69) is 47.0 Å². The summed E-state index contributed by atoms with van der Waals surface area (Å²) in [5.74, 6) is 4.68. The van der Waals surface area contributed by atoms with E-state index < -0.39 is 16.6 Å². The molecule has 0 aliphatic heterocycles. The Bertz CT molecular complexity index is 461. The van der Waals surface area contributed by atoms with E-state index in [1.54, 1.807) is 0 Å². The molecular weight excluding hydrogens is 426 g/mol. The van der Waals surface area contributed by atoms with Crippen LogP contribution >= 0.6 is 0 Å². The molecule has 2 rings (SSSR count). The lowest BCUT2D eigenvalue weighted by Crippen LogP contribution is -2.44. The molecular formula is C26H59N3OSi2. The van der Waals surface area contributed by atoms with Gasteiger partial charge in [-0.25, -0.2) is 0 Å². The SMILES string of the molecule is CC1CCC(CC2CCC(N)C(C)C2)CC1C.C[Si](C)(CCCN)O[Si](C)(C)CCCN. The van der Waals surface area contributed by atoms with Crippen LogP contribution in [-0.2, 0) is 4.12 Å². The van der Waals surface area contributed by atoms with Gasteiger partial charge in [-0.2, -0.15) is 0 Å². The summed E-state index contributed by atoms with van der Waals surface area (Å²) in [6, 6.07) is 2.85. The van der Waals surface area contributed by atoms with Crippen LogP contribution in [-0.4, -0.2) is 35.8 Å². The largest absolute Gasteiger partial charge is 0.455 e. The van der Waals surface area contributed by atoms with Crippen molar-refractivity contribution in [1.82, 2.24) is 0 Å². The molecule has 2 aliphatic rings. The van der Waals surface area contributed by atoms with E-state index in [-0.39, 0.29) is 0 Å². The number of hydrogen-bond acceptors (Lipinski definition) is 4. The van der Waals surface area contributed by atoms with E-state index in [0.717, 1.165) is 55.5 Å². The van der Waals surface area contributed by atoms with Crippen molar-refractivity contribution in [1.29, 1.82) is 0 Å². The highest BCUT2D eigenvalue weighted by Crippen LogP contribution is 2.40. The monoisotopic (exact) mass is 485 g/mol. The molecule has 2 aliphatic carbocycles. The zero-order valence-electron chi connectivity index (χ0n) is 22.8. The third-order valence-corrected chi connectivity index (χ3v) is 15.8. The van der Waals surface area contributed by atoms with Gasteiger partial charge in [-0.05, 0) is 126 Å². The van der Waals surface area contributed by atoms with Gasteiger partial charge in [-0.15, -0.1) is 0 Å². The van der Waals surface area contributed by atoms with Crippen LogP contribution in [0.4, 0.5) is 0 Å². The van der Waals surface area contributed by atoms with Gasteiger partial charge in [0.05, 0.1) is 0 Å². The average Bonchev–Trinajstić information content (AvgIpc) is 2.70. The Hall–Kier alpha value is 0.274.